The van der Waals surface area contributed by atoms with E-state index in [4.69, 9.17) is 5.73 Å². The second kappa shape index (κ2) is 6.00. The smallest absolute Gasteiger partial charge is 0.239 e. The Morgan fingerprint density at radius 2 is 1.71 bits per heavy atom. The molecule has 1 unspecified atom stereocenters. The van der Waals surface area contributed by atoms with Gasteiger partial charge in [0.2, 0.25) is 11.8 Å². The molecule has 0 heterocycles. The molecule has 0 aromatic heterocycles. The fourth-order valence-electron chi connectivity index (χ4n) is 1.55. The van der Waals surface area contributed by atoms with Crippen LogP contribution in [-0.4, -0.2) is 30.9 Å². The Balaban J connectivity index is 4.38. The summed E-state index contributed by atoms with van der Waals surface area (Å²) in [6, 6.07) is 0. The van der Waals surface area contributed by atoms with Crippen LogP contribution in [0.25, 0.3) is 0 Å². The van der Waals surface area contributed by atoms with Crippen LogP contribution in [0, 0.1) is 5.41 Å². The lowest BCUT2D eigenvalue weighted by Gasteiger charge is -2.27. The van der Waals surface area contributed by atoms with Crippen molar-refractivity contribution in [3.8, 4) is 0 Å². The van der Waals surface area contributed by atoms with Crippen molar-refractivity contribution in [2.24, 2.45) is 11.1 Å². The Morgan fingerprint density at radius 3 is 2.12 bits per heavy atom. The number of carbonyl (C=O) groups is 2. The first-order valence-electron chi connectivity index (χ1n) is 5.96. The van der Waals surface area contributed by atoms with Gasteiger partial charge in [-0.1, -0.05) is 13.3 Å². The molecule has 0 bridgehead atoms. The number of amides is 2. The largest absolute Gasteiger partial charge is 0.359 e. The Bertz CT molecular complexity index is 285. The van der Waals surface area contributed by atoms with E-state index in [1.54, 1.807) is 27.8 Å². The van der Waals surface area contributed by atoms with E-state index in [-0.39, 0.29) is 18.4 Å². The Hall–Kier alpha value is -1.10. The van der Waals surface area contributed by atoms with Crippen LogP contribution in [0.5, 0.6) is 0 Å². The molecule has 2 amide bonds. The van der Waals surface area contributed by atoms with Crippen LogP contribution >= 0.6 is 0 Å². The van der Waals surface area contributed by atoms with Crippen molar-refractivity contribution in [2.75, 3.05) is 13.6 Å². The zero-order valence-electron chi connectivity index (χ0n) is 11.5. The maximum atomic E-state index is 11.8. The number of nitrogens with two attached hydrogens (primary N) is 1. The summed E-state index contributed by atoms with van der Waals surface area (Å²) in [5, 5.41) is 5.31. The Morgan fingerprint density at radius 1 is 1.18 bits per heavy atom. The predicted molar refractivity (Wildman–Crippen MR) is 68.4 cm³/mol. The first kappa shape index (κ1) is 15.9. The summed E-state index contributed by atoms with van der Waals surface area (Å²) < 4.78 is 0. The van der Waals surface area contributed by atoms with Crippen LogP contribution in [0.15, 0.2) is 0 Å². The average Bonchev–Trinajstić information content (AvgIpc) is 2.24. The first-order valence-corrected chi connectivity index (χ1v) is 5.96. The lowest BCUT2D eigenvalue weighted by molar-refractivity contribution is -0.130. The molecule has 17 heavy (non-hydrogen) atoms. The molecule has 0 aliphatic rings. The van der Waals surface area contributed by atoms with Gasteiger partial charge in [-0.2, -0.15) is 0 Å². The van der Waals surface area contributed by atoms with Crippen molar-refractivity contribution in [1.82, 2.24) is 10.6 Å². The van der Waals surface area contributed by atoms with Crippen molar-refractivity contribution in [3.05, 3.63) is 0 Å². The van der Waals surface area contributed by atoms with Gasteiger partial charge in [0, 0.05) is 13.6 Å². The molecule has 0 saturated carbocycles. The molecule has 0 aromatic rings. The van der Waals surface area contributed by atoms with E-state index in [1.807, 2.05) is 6.92 Å². The molecule has 5 nitrogen and oxygen atoms in total. The molecular weight excluding hydrogens is 218 g/mol. The fraction of sp³-hybridized carbons (Fsp3) is 0.833. The summed E-state index contributed by atoms with van der Waals surface area (Å²) in [6.45, 7) is 7.52. The lowest BCUT2D eigenvalue weighted by atomic mass is 9.91. The molecule has 5 heteroatoms. The molecule has 0 radical (unpaired) electrons. The second-order valence-electron chi connectivity index (χ2n) is 5.31. The van der Waals surface area contributed by atoms with Crippen LogP contribution in [-0.2, 0) is 9.59 Å². The SMILES string of the molecule is CCCC(C)(N)C(=O)NCC(C)(C)C(=O)NC. The highest BCUT2D eigenvalue weighted by Gasteiger charge is 2.31. The number of hydrogen-bond donors (Lipinski definition) is 3. The van der Waals surface area contributed by atoms with Gasteiger partial charge in [0.05, 0.1) is 11.0 Å². The minimum absolute atomic E-state index is 0.105. The molecule has 0 spiro atoms. The van der Waals surface area contributed by atoms with Gasteiger partial charge in [-0.05, 0) is 27.2 Å². The van der Waals surface area contributed by atoms with Crippen molar-refractivity contribution < 1.29 is 9.59 Å². The van der Waals surface area contributed by atoms with Gasteiger partial charge in [0.25, 0.3) is 0 Å². The van der Waals surface area contributed by atoms with Gasteiger partial charge in [-0.3, -0.25) is 9.59 Å². The summed E-state index contributed by atoms with van der Waals surface area (Å²) >= 11 is 0. The topological polar surface area (TPSA) is 84.2 Å². The van der Waals surface area contributed by atoms with Gasteiger partial charge < -0.3 is 16.4 Å². The quantitative estimate of drug-likeness (QED) is 0.631. The maximum Gasteiger partial charge on any atom is 0.239 e. The van der Waals surface area contributed by atoms with Crippen LogP contribution in [0.1, 0.15) is 40.5 Å². The highest BCUT2D eigenvalue weighted by molar-refractivity contribution is 5.87. The van der Waals surface area contributed by atoms with Crippen molar-refractivity contribution in [1.29, 1.82) is 0 Å². The highest BCUT2D eigenvalue weighted by Crippen LogP contribution is 2.14. The van der Waals surface area contributed by atoms with E-state index < -0.39 is 11.0 Å². The zero-order valence-corrected chi connectivity index (χ0v) is 11.5. The minimum Gasteiger partial charge on any atom is -0.359 e. The van der Waals surface area contributed by atoms with Crippen molar-refractivity contribution in [3.63, 3.8) is 0 Å². The van der Waals surface area contributed by atoms with Gasteiger partial charge >= 0.3 is 0 Å². The van der Waals surface area contributed by atoms with E-state index >= 15 is 0 Å². The number of carbonyl (C=O) groups excluding carboxylic acids is 2. The van der Waals surface area contributed by atoms with E-state index in [0.717, 1.165) is 6.42 Å². The predicted octanol–water partition coefficient (Wildman–Crippen LogP) is 0.392. The van der Waals surface area contributed by atoms with Gasteiger partial charge in [-0.15, -0.1) is 0 Å². The molecule has 0 rings (SSSR count). The van der Waals surface area contributed by atoms with Crippen LogP contribution in [0.2, 0.25) is 0 Å². The van der Waals surface area contributed by atoms with Crippen molar-refractivity contribution in [2.45, 2.75) is 46.1 Å². The van der Waals surface area contributed by atoms with Crippen LogP contribution in [0.3, 0.4) is 0 Å². The van der Waals surface area contributed by atoms with E-state index in [9.17, 15) is 9.59 Å². The maximum absolute atomic E-state index is 11.8. The molecular formula is C12H25N3O2. The average molecular weight is 243 g/mol. The van der Waals surface area contributed by atoms with E-state index in [0.29, 0.717) is 6.42 Å². The molecule has 0 aromatic carbocycles. The van der Waals surface area contributed by atoms with Crippen LogP contribution in [0.4, 0.5) is 0 Å². The Kier molecular flexibility index (Phi) is 5.61. The van der Waals surface area contributed by atoms with Gasteiger partial charge in [-0.25, -0.2) is 0 Å². The minimum atomic E-state index is -0.868. The highest BCUT2D eigenvalue weighted by atomic mass is 16.2. The summed E-state index contributed by atoms with van der Waals surface area (Å²) in [4.78, 5) is 23.4. The normalized spacial score (nSPS) is 14.9. The van der Waals surface area contributed by atoms with E-state index in [1.165, 1.54) is 0 Å². The zero-order chi connectivity index (χ0) is 13.7. The molecule has 0 aliphatic carbocycles. The van der Waals surface area contributed by atoms with Gasteiger partial charge in [0.1, 0.15) is 0 Å². The summed E-state index contributed by atoms with van der Waals surface area (Å²) in [6.07, 6.45) is 1.47. The molecule has 100 valence electrons. The third-order valence-electron chi connectivity index (χ3n) is 2.82. The number of rotatable bonds is 6. The molecule has 0 aliphatic heterocycles. The van der Waals surface area contributed by atoms with Crippen LogP contribution < -0.4 is 16.4 Å². The standard InChI is InChI=1S/C12H25N3O2/c1-6-7-12(4,13)10(17)15-8-11(2,3)9(16)14-5/h6-8,13H2,1-5H3,(H,14,16)(H,15,17). The summed E-state index contributed by atoms with van der Waals surface area (Å²) in [5.74, 6) is -0.316. The first-order chi connectivity index (χ1) is 7.67. The van der Waals surface area contributed by atoms with E-state index in [2.05, 4.69) is 10.6 Å². The number of hydrogen-bond acceptors (Lipinski definition) is 3. The number of nitrogens with one attached hydrogen (secondary N) is 2. The summed E-state index contributed by atoms with van der Waals surface area (Å²) in [7, 11) is 1.58. The molecule has 0 fully saturated rings. The third kappa shape index (κ3) is 4.73. The lowest BCUT2D eigenvalue weighted by Crippen LogP contribution is -2.54. The fourth-order valence-corrected chi connectivity index (χ4v) is 1.55. The third-order valence-corrected chi connectivity index (χ3v) is 2.82. The second-order valence-corrected chi connectivity index (χ2v) is 5.31. The molecule has 4 N–H and O–H groups in total. The monoisotopic (exact) mass is 243 g/mol. The summed E-state index contributed by atoms with van der Waals surface area (Å²) in [5.41, 5.74) is 4.40. The molecule has 1 atom stereocenters. The van der Waals surface area contributed by atoms with Gasteiger partial charge in [0.15, 0.2) is 0 Å². The Labute approximate surface area is 104 Å². The van der Waals surface area contributed by atoms with Crippen molar-refractivity contribution >= 4 is 11.8 Å². The molecule has 0 saturated heterocycles.